The molecule has 0 aliphatic heterocycles. The van der Waals surface area contributed by atoms with Gasteiger partial charge >= 0.3 is 5.97 Å². The first-order valence-electron chi connectivity index (χ1n) is 4.21. The number of esters is 1. The summed E-state index contributed by atoms with van der Waals surface area (Å²) in [6.07, 6.45) is 0.517. The minimum absolute atomic E-state index is 0.372. The number of rotatable bonds is 3. The molecule has 0 aliphatic carbocycles. The lowest BCUT2D eigenvalue weighted by atomic mass is 10.1. The van der Waals surface area contributed by atoms with Gasteiger partial charge in [-0.05, 0) is 46.7 Å². The summed E-state index contributed by atoms with van der Waals surface area (Å²) in [4.78, 5) is 11.0. The Kier molecular flexibility index (Phi) is 4.34. The molecule has 0 heterocycles. The summed E-state index contributed by atoms with van der Waals surface area (Å²) in [7, 11) is 1.34. The molecule has 0 aliphatic rings. The molecule has 0 spiro atoms. The van der Waals surface area contributed by atoms with E-state index in [2.05, 4.69) is 27.3 Å². The minimum atomic E-state index is -0.569. The van der Waals surface area contributed by atoms with Crippen LogP contribution >= 0.6 is 22.6 Å². The van der Waals surface area contributed by atoms with Crippen molar-refractivity contribution >= 4 is 28.6 Å². The van der Waals surface area contributed by atoms with Crippen LogP contribution in [-0.2, 0) is 16.0 Å². The smallest absolute Gasteiger partial charge is 0.322 e. The monoisotopic (exact) mass is 305 g/mol. The van der Waals surface area contributed by atoms with Crippen LogP contribution in [-0.4, -0.2) is 19.1 Å². The first kappa shape index (κ1) is 11.5. The van der Waals surface area contributed by atoms with Gasteiger partial charge in [0.25, 0.3) is 0 Å². The fourth-order valence-corrected chi connectivity index (χ4v) is 1.47. The van der Waals surface area contributed by atoms with Crippen molar-refractivity contribution < 1.29 is 9.53 Å². The third-order valence-electron chi connectivity index (χ3n) is 1.87. The molecule has 1 aromatic carbocycles. The Morgan fingerprint density at radius 1 is 1.50 bits per heavy atom. The minimum Gasteiger partial charge on any atom is -0.468 e. The standard InChI is InChI=1S/C10H12INO2/c1-14-10(13)9(12)6-7-2-4-8(11)5-3-7/h2-5,9H,6,12H2,1H3. The lowest BCUT2D eigenvalue weighted by molar-refractivity contribution is -0.142. The quantitative estimate of drug-likeness (QED) is 0.677. The number of hydrogen-bond acceptors (Lipinski definition) is 3. The Labute approximate surface area is 96.8 Å². The molecule has 0 saturated heterocycles. The van der Waals surface area contributed by atoms with Crippen molar-refractivity contribution in [3.63, 3.8) is 0 Å². The molecule has 76 valence electrons. The molecular formula is C10H12INO2. The number of benzene rings is 1. The largest absolute Gasteiger partial charge is 0.468 e. The Balaban J connectivity index is 2.60. The van der Waals surface area contributed by atoms with Crippen LogP contribution < -0.4 is 5.73 Å². The van der Waals surface area contributed by atoms with Gasteiger partial charge in [0, 0.05) is 3.57 Å². The summed E-state index contributed by atoms with van der Waals surface area (Å²) >= 11 is 2.23. The highest BCUT2D eigenvalue weighted by Gasteiger charge is 2.13. The normalized spacial score (nSPS) is 12.2. The lowest BCUT2D eigenvalue weighted by Gasteiger charge is -2.08. The molecule has 4 heteroatoms. The molecule has 0 fully saturated rings. The van der Waals surface area contributed by atoms with Crippen molar-refractivity contribution in [3.05, 3.63) is 33.4 Å². The highest BCUT2D eigenvalue weighted by Crippen LogP contribution is 2.08. The first-order valence-corrected chi connectivity index (χ1v) is 5.29. The molecule has 0 aromatic heterocycles. The molecule has 0 radical (unpaired) electrons. The number of halogens is 1. The van der Waals surface area contributed by atoms with Crippen LogP contribution in [0.5, 0.6) is 0 Å². The molecule has 0 amide bonds. The molecule has 1 atom stereocenters. The van der Waals surface area contributed by atoms with Crippen molar-refractivity contribution in [1.29, 1.82) is 0 Å². The number of hydrogen-bond donors (Lipinski definition) is 1. The average Bonchev–Trinajstić information content (AvgIpc) is 2.20. The van der Waals surface area contributed by atoms with E-state index in [0.717, 1.165) is 9.13 Å². The van der Waals surface area contributed by atoms with Crippen LogP contribution in [0.1, 0.15) is 5.56 Å². The molecule has 1 unspecified atom stereocenters. The van der Waals surface area contributed by atoms with Crippen LogP contribution in [0.2, 0.25) is 0 Å². The van der Waals surface area contributed by atoms with Crippen LogP contribution in [0.25, 0.3) is 0 Å². The van der Waals surface area contributed by atoms with E-state index in [0.29, 0.717) is 6.42 Å². The summed E-state index contributed by atoms with van der Waals surface area (Å²) < 4.78 is 5.71. The summed E-state index contributed by atoms with van der Waals surface area (Å²) in [5.74, 6) is -0.372. The van der Waals surface area contributed by atoms with Gasteiger partial charge in [-0.15, -0.1) is 0 Å². The van der Waals surface area contributed by atoms with E-state index in [-0.39, 0.29) is 5.97 Å². The van der Waals surface area contributed by atoms with Gasteiger partial charge in [-0.2, -0.15) is 0 Å². The predicted octanol–water partition coefficient (Wildman–Crippen LogP) is 1.33. The fourth-order valence-electron chi connectivity index (χ4n) is 1.11. The predicted molar refractivity (Wildman–Crippen MR) is 62.9 cm³/mol. The maximum absolute atomic E-state index is 11.0. The van der Waals surface area contributed by atoms with Gasteiger partial charge in [-0.3, -0.25) is 4.79 Å². The number of carbonyl (C=O) groups is 1. The van der Waals surface area contributed by atoms with E-state index in [1.807, 2.05) is 24.3 Å². The van der Waals surface area contributed by atoms with Crippen LogP contribution in [0.3, 0.4) is 0 Å². The summed E-state index contributed by atoms with van der Waals surface area (Å²) in [6, 6.07) is 7.33. The van der Waals surface area contributed by atoms with Crippen LogP contribution in [0.15, 0.2) is 24.3 Å². The van der Waals surface area contributed by atoms with E-state index < -0.39 is 6.04 Å². The highest BCUT2D eigenvalue weighted by atomic mass is 127. The van der Waals surface area contributed by atoms with Gasteiger partial charge in [0.05, 0.1) is 7.11 Å². The van der Waals surface area contributed by atoms with Gasteiger partial charge in [0.2, 0.25) is 0 Å². The first-order chi connectivity index (χ1) is 6.63. The number of carbonyl (C=O) groups excluding carboxylic acids is 1. The third kappa shape index (κ3) is 3.26. The Morgan fingerprint density at radius 2 is 2.07 bits per heavy atom. The zero-order valence-corrected chi connectivity index (χ0v) is 10.0. The molecule has 14 heavy (non-hydrogen) atoms. The molecule has 0 bridgehead atoms. The van der Waals surface area contributed by atoms with Crippen molar-refractivity contribution in [2.45, 2.75) is 12.5 Å². The third-order valence-corrected chi connectivity index (χ3v) is 2.59. The second kappa shape index (κ2) is 5.31. The zero-order chi connectivity index (χ0) is 10.6. The van der Waals surface area contributed by atoms with Crippen molar-refractivity contribution in [2.75, 3.05) is 7.11 Å². The van der Waals surface area contributed by atoms with Gasteiger partial charge < -0.3 is 10.5 Å². The fraction of sp³-hybridized carbons (Fsp3) is 0.300. The van der Waals surface area contributed by atoms with Gasteiger partial charge in [-0.1, -0.05) is 12.1 Å². The van der Waals surface area contributed by atoms with Crippen LogP contribution in [0, 0.1) is 3.57 Å². The Bertz CT molecular complexity index is 310. The molecule has 2 N–H and O–H groups in total. The summed E-state index contributed by atoms with van der Waals surface area (Å²) in [5, 5.41) is 0. The van der Waals surface area contributed by atoms with Gasteiger partial charge in [0.1, 0.15) is 6.04 Å². The van der Waals surface area contributed by atoms with Gasteiger partial charge in [0.15, 0.2) is 0 Å². The van der Waals surface area contributed by atoms with Crippen molar-refractivity contribution in [2.24, 2.45) is 5.73 Å². The topological polar surface area (TPSA) is 52.3 Å². The van der Waals surface area contributed by atoms with Crippen LogP contribution in [0.4, 0.5) is 0 Å². The van der Waals surface area contributed by atoms with E-state index >= 15 is 0 Å². The highest BCUT2D eigenvalue weighted by molar-refractivity contribution is 14.1. The molecule has 1 aromatic rings. The number of methoxy groups -OCH3 is 1. The molecular weight excluding hydrogens is 293 g/mol. The van der Waals surface area contributed by atoms with E-state index in [1.54, 1.807) is 0 Å². The van der Waals surface area contributed by atoms with Crippen molar-refractivity contribution in [1.82, 2.24) is 0 Å². The second-order valence-electron chi connectivity index (χ2n) is 2.96. The zero-order valence-electron chi connectivity index (χ0n) is 7.87. The van der Waals surface area contributed by atoms with E-state index in [9.17, 15) is 4.79 Å². The molecule has 1 rings (SSSR count). The van der Waals surface area contributed by atoms with E-state index in [4.69, 9.17) is 5.73 Å². The second-order valence-corrected chi connectivity index (χ2v) is 4.21. The molecule has 0 saturated carbocycles. The lowest BCUT2D eigenvalue weighted by Crippen LogP contribution is -2.33. The average molecular weight is 305 g/mol. The maximum atomic E-state index is 11.0. The Morgan fingerprint density at radius 3 is 2.57 bits per heavy atom. The van der Waals surface area contributed by atoms with Gasteiger partial charge in [-0.25, -0.2) is 0 Å². The summed E-state index contributed by atoms with van der Waals surface area (Å²) in [5.41, 5.74) is 6.67. The van der Waals surface area contributed by atoms with Crippen molar-refractivity contribution in [3.8, 4) is 0 Å². The SMILES string of the molecule is COC(=O)C(N)Cc1ccc(I)cc1. The maximum Gasteiger partial charge on any atom is 0.322 e. The number of nitrogens with two attached hydrogens (primary N) is 1. The summed E-state index contributed by atoms with van der Waals surface area (Å²) in [6.45, 7) is 0. The van der Waals surface area contributed by atoms with E-state index in [1.165, 1.54) is 7.11 Å². The number of ether oxygens (including phenoxy) is 1. The molecule has 3 nitrogen and oxygen atoms in total. The Hall–Kier alpha value is -0.620.